The van der Waals surface area contributed by atoms with Gasteiger partial charge < -0.3 is 20.0 Å². The summed E-state index contributed by atoms with van der Waals surface area (Å²) in [5, 5.41) is 2.82. The van der Waals surface area contributed by atoms with Gasteiger partial charge in [-0.15, -0.1) is 0 Å². The number of aromatic nitrogens is 1. The van der Waals surface area contributed by atoms with Crippen LogP contribution in [0, 0.1) is 0 Å². The first-order valence-corrected chi connectivity index (χ1v) is 6.78. The Morgan fingerprint density at radius 3 is 2.82 bits per heavy atom. The molecule has 0 fully saturated rings. The molecule has 6 nitrogen and oxygen atoms in total. The molecule has 6 heteroatoms. The van der Waals surface area contributed by atoms with Crippen molar-refractivity contribution in [1.82, 2.24) is 9.88 Å². The number of furan rings is 1. The maximum absolute atomic E-state index is 12.5. The molecule has 0 aliphatic carbocycles. The van der Waals surface area contributed by atoms with E-state index < -0.39 is 5.91 Å². The smallest absolute Gasteiger partial charge is 0.256 e. The molecule has 22 heavy (non-hydrogen) atoms. The number of benzene rings is 1. The van der Waals surface area contributed by atoms with Crippen LogP contribution < -0.4 is 16.5 Å². The Bertz CT molecular complexity index is 895. The van der Waals surface area contributed by atoms with Gasteiger partial charge in [0.2, 0.25) is 5.43 Å². The van der Waals surface area contributed by atoms with Crippen LogP contribution in [0.5, 0.6) is 0 Å². The summed E-state index contributed by atoms with van der Waals surface area (Å²) in [5.74, 6) is 0.276. The number of nitrogens with zero attached hydrogens (tertiary/aromatic N) is 1. The average Bonchev–Trinajstić information content (AvgIpc) is 3.02. The molecule has 3 rings (SSSR count). The van der Waals surface area contributed by atoms with Crippen molar-refractivity contribution in [2.75, 3.05) is 12.8 Å². The molecule has 0 aliphatic heterocycles. The molecule has 2 aromatic heterocycles. The Morgan fingerprint density at radius 2 is 2.14 bits per heavy atom. The molecule has 3 aromatic rings. The number of nitrogens with two attached hydrogens (primary N) is 1. The highest BCUT2D eigenvalue weighted by Gasteiger charge is 2.16. The van der Waals surface area contributed by atoms with Crippen molar-refractivity contribution in [2.45, 2.75) is 6.54 Å². The quantitative estimate of drug-likeness (QED) is 0.718. The summed E-state index contributed by atoms with van der Waals surface area (Å²) in [5.41, 5.74) is 6.63. The van der Waals surface area contributed by atoms with Crippen molar-refractivity contribution in [1.29, 1.82) is 0 Å². The van der Waals surface area contributed by atoms with Gasteiger partial charge in [-0.25, -0.2) is 0 Å². The number of pyridine rings is 1. The van der Waals surface area contributed by atoms with Gasteiger partial charge in [-0.3, -0.25) is 9.59 Å². The van der Waals surface area contributed by atoms with Gasteiger partial charge in [-0.1, -0.05) is 6.07 Å². The highest BCUT2D eigenvalue weighted by molar-refractivity contribution is 6.00. The minimum Gasteiger partial charge on any atom is -0.467 e. The van der Waals surface area contributed by atoms with Crippen LogP contribution in [0.15, 0.2) is 52.0 Å². The van der Waals surface area contributed by atoms with E-state index in [2.05, 4.69) is 5.32 Å². The lowest BCUT2D eigenvalue weighted by atomic mass is 10.1. The number of amides is 1. The van der Waals surface area contributed by atoms with E-state index in [1.165, 1.54) is 13.2 Å². The fourth-order valence-electron chi connectivity index (χ4n) is 2.46. The van der Waals surface area contributed by atoms with Crippen LogP contribution in [-0.2, 0) is 6.54 Å². The van der Waals surface area contributed by atoms with Crippen LogP contribution in [0.2, 0.25) is 0 Å². The second-order valence-corrected chi connectivity index (χ2v) is 4.90. The minimum atomic E-state index is -0.441. The summed E-state index contributed by atoms with van der Waals surface area (Å²) in [6.45, 7) is 0.400. The Kier molecular flexibility index (Phi) is 3.42. The van der Waals surface area contributed by atoms with Gasteiger partial charge in [0.1, 0.15) is 11.3 Å². The van der Waals surface area contributed by atoms with Gasteiger partial charge in [0.05, 0.1) is 23.7 Å². The van der Waals surface area contributed by atoms with Crippen LogP contribution in [-0.4, -0.2) is 17.5 Å². The first-order valence-electron chi connectivity index (χ1n) is 6.78. The zero-order valence-electron chi connectivity index (χ0n) is 12.0. The maximum atomic E-state index is 12.5. The standard InChI is InChI=1S/C16H15N3O3/c1-18-16(21)11-9-19(8-10-4-3-7-22-10)13-6-2-5-12(17)14(13)15(11)20/h2-7,9H,8,17H2,1H3,(H,18,21). The first-order chi connectivity index (χ1) is 10.6. The topological polar surface area (TPSA) is 90.3 Å². The number of hydrogen-bond donors (Lipinski definition) is 2. The van der Waals surface area contributed by atoms with Gasteiger partial charge in [0.15, 0.2) is 0 Å². The number of nitrogen functional groups attached to an aromatic ring is 1. The number of rotatable bonds is 3. The number of carbonyl (C=O) groups is 1. The molecule has 112 valence electrons. The van der Waals surface area contributed by atoms with Crippen molar-refractivity contribution in [3.63, 3.8) is 0 Å². The van der Waals surface area contributed by atoms with Gasteiger partial charge in [0, 0.05) is 18.9 Å². The maximum Gasteiger partial charge on any atom is 0.256 e. The molecule has 0 saturated heterocycles. The molecule has 3 N–H and O–H groups in total. The van der Waals surface area contributed by atoms with Gasteiger partial charge in [0.25, 0.3) is 5.91 Å². The average molecular weight is 297 g/mol. The number of fused-ring (bicyclic) bond motifs is 1. The zero-order chi connectivity index (χ0) is 15.7. The number of anilines is 1. The Labute approximate surface area is 126 Å². The summed E-state index contributed by atoms with van der Waals surface area (Å²) in [6.07, 6.45) is 3.11. The van der Waals surface area contributed by atoms with Crippen molar-refractivity contribution in [2.24, 2.45) is 0 Å². The van der Waals surface area contributed by atoms with E-state index in [9.17, 15) is 9.59 Å². The summed E-state index contributed by atoms with van der Waals surface area (Å²) in [7, 11) is 1.48. The predicted molar refractivity (Wildman–Crippen MR) is 83.8 cm³/mol. The highest BCUT2D eigenvalue weighted by Crippen LogP contribution is 2.19. The zero-order valence-corrected chi connectivity index (χ0v) is 12.0. The van der Waals surface area contributed by atoms with E-state index in [0.29, 0.717) is 23.1 Å². The van der Waals surface area contributed by atoms with E-state index in [1.807, 2.05) is 6.07 Å². The molecular formula is C16H15N3O3. The molecule has 0 bridgehead atoms. The van der Waals surface area contributed by atoms with Crippen LogP contribution in [0.25, 0.3) is 10.9 Å². The van der Waals surface area contributed by atoms with Crippen LogP contribution >= 0.6 is 0 Å². The molecule has 0 saturated carbocycles. The molecule has 0 aliphatic rings. The number of hydrogen-bond acceptors (Lipinski definition) is 4. The van der Waals surface area contributed by atoms with E-state index in [-0.39, 0.29) is 11.0 Å². The second kappa shape index (κ2) is 5.40. The SMILES string of the molecule is CNC(=O)c1cn(Cc2ccco2)c2cccc(N)c2c1=O. The molecule has 0 radical (unpaired) electrons. The monoisotopic (exact) mass is 297 g/mol. The molecule has 0 spiro atoms. The summed E-state index contributed by atoms with van der Waals surface area (Å²) >= 11 is 0. The summed E-state index contributed by atoms with van der Waals surface area (Å²) < 4.78 is 7.13. The molecular weight excluding hydrogens is 282 g/mol. The van der Waals surface area contributed by atoms with Crippen LogP contribution in [0.3, 0.4) is 0 Å². The Morgan fingerprint density at radius 1 is 1.32 bits per heavy atom. The second-order valence-electron chi connectivity index (χ2n) is 4.90. The van der Waals surface area contributed by atoms with Gasteiger partial charge in [-0.05, 0) is 24.3 Å². The largest absolute Gasteiger partial charge is 0.467 e. The third-order valence-electron chi connectivity index (χ3n) is 3.52. The lowest BCUT2D eigenvalue weighted by Crippen LogP contribution is -2.27. The van der Waals surface area contributed by atoms with Crippen LogP contribution in [0.1, 0.15) is 16.1 Å². The highest BCUT2D eigenvalue weighted by atomic mass is 16.3. The van der Waals surface area contributed by atoms with Crippen molar-refractivity contribution in [3.05, 3.63) is 64.3 Å². The first kappa shape index (κ1) is 13.9. The fraction of sp³-hybridized carbons (Fsp3) is 0.125. The molecule has 0 atom stereocenters. The Balaban J connectivity index is 2.30. The molecule has 2 heterocycles. The molecule has 1 amide bonds. The molecule has 1 aromatic carbocycles. The van der Waals surface area contributed by atoms with Crippen molar-refractivity contribution in [3.8, 4) is 0 Å². The molecule has 0 unspecified atom stereocenters. The fourth-order valence-corrected chi connectivity index (χ4v) is 2.46. The predicted octanol–water partition coefficient (Wildman–Crippen LogP) is 1.58. The number of carbonyl (C=O) groups excluding carboxylic acids is 1. The third-order valence-corrected chi connectivity index (χ3v) is 3.52. The van der Waals surface area contributed by atoms with E-state index in [0.717, 1.165) is 5.76 Å². The summed E-state index contributed by atoms with van der Waals surface area (Å²) in [6, 6.07) is 8.83. The Hall–Kier alpha value is -3.02. The van der Waals surface area contributed by atoms with Gasteiger partial charge >= 0.3 is 0 Å². The minimum absolute atomic E-state index is 0.0551. The van der Waals surface area contributed by atoms with Crippen molar-refractivity contribution >= 4 is 22.5 Å². The van der Waals surface area contributed by atoms with E-state index >= 15 is 0 Å². The van der Waals surface area contributed by atoms with E-state index in [4.69, 9.17) is 10.2 Å². The van der Waals surface area contributed by atoms with Crippen molar-refractivity contribution < 1.29 is 9.21 Å². The van der Waals surface area contributed by atoms with E-state index in [1.54, 1.807) is 35.1 Å². The van der Waals surface area contributed by atoms with Gasteiger partial charge in [-0.2, -0.15) is 0 Å². The van der Waals surface area contributed by atoms with Crippen LogP contribution in [0.4, 0.5) is 5.69 Å². The lowest BCUT2D eigenvalue weighted by Gasteiger charge is -2.13. The third kappa shape index (κ3) is 2.24. The summed E-state index contributed by atoms with van der Waals surface area (Å²) in [4.78, 5) is 24.5. The lowest BCUT2D eigenvalue weighted by molar-refractivity contribution is 0.0961. The normalized spacial score (nSPS) is 10.8. The number of nitrogens with one attached hydrogen (secondary N) is 1.